The summed E-state index contributed by atoms with van der Waals surface area (Å²) in [5, 5.41) is 4.05. The van der Waals surface area contributed by atoms with Crippen LogP contribution in [0.15, 0.2) is 29.3 Å². The third-order valence-corrected chi connectivity index (χ3v) is 5.91. The number of para-hydroxylation sites is 1. The summed E-state index contributed by atoms with van der Waals surface area (Å²) in [6, 6.07) is 7.88. The first-order valence-electron chi connectivity index (χ1n) is 8.97. The molecule has 0 unspecified atom stereocenters. The summed E-state index contributed by atoms with van der Waals surface area (Å²) in [6.07, 6.45) is 0. The number of rotatable bonds is 7. The molecule has 1 fully saturated rings. The van der Waals surface area contributed by atoms with Crippen LogP contribution in [0.4, 0.5) is 5.69 Å². The van der Waals surface area contributed by atoms with Gasteiger partial charge in [0, 0.05) is 39.3 Å². The molecule has 0 radical (unpaired) electrons. The average molecular weight is 530 g/mol. The number of aliphatic imine (C=N–C) groups is 1. The third-order valence-electron chi connectivity index (χ3n) is 4.18. The Kier molecular flexibility index (Phi) is 10.7. The summed E-state index contributed by atoms with van der Waals surface area (Å²) in [4.78, 5) is 9.02. The highest BCUT2D eigenvalue weighted by Crippen LogP contribution is 2.25. The second-order valence-electron chi connectivity index (χ2n) is 5.96. The quantitative estimate of drug-likeness (QED) is 0.245. The van der Waals surface area contributed by atoms with E-state index >= 15 is 0 Å². The van der Waals surface area contributed by atoms with E-state index in [4.69, 9.17) is 11.6 Å². The van der Waals surface area contributed by atoms with Crippen LogP contribution in [-0.4, -0.2) is 70.8 Å². The lowest BCUT2D eigenvalue weighted by Crippen LogP contribution is -2.52. The van der Waals surface area contributed by atoms with Crippen molar-refractivity contribution in [1.29, 1.82) is 0 Å². The van der Waals surface area contributed by atoms with Gasteiger partial charge in [0.05, 0.1) is 23.0 Å². The van der Waals surface area contributed by atoms with Gasteiger partial charge in [-0.1, -0.05) is 23.7 Å². The van der Waals surface area contributed by atoms with Crippen LogP contribution in [0, 0.1) is 0 Å². The van der Waals surface area contributed by atoms with Gasteiger partial charge in [0.2, 0.25) is 10.0 Å². The number of anilines is 1. The van der Waals surface area contributed by atoms with Crippen LogP contribution in [-0.2, 0) is 10.0 Å². The minimum absolute atomic E-state index is 0. The van der Waals surface area contributed by atoms with Crippen LogP contribution in [0.3, 0.4) is 0 Å². The molecule has 1 saturated heterocycles. The van der Waals surface area contributed by atoms with Crippen molar-refractivity contribution >= 4 is 57.2 Å². The lowest BCUT2D eigenvalue weighted by atomic mass is 10.2. The van der Waals surface area contributed by atoms with Crippen molar-refractivity contribution in [2.75, 3.05) is 56.5 Å². The van der Waals surface area contributed by atoms with Crippen molar-refractivity contribution < 1.29 is 8.42 Å². The van der Waals surface area contributed by atoms with Gasteiger partial charge >= 0.3 is 0 Å². The van der Waals surface area contributed by atoms with Gasteiger partial charge < -0.3 is 15.1 Å². The molecule has 0 atom stereocenters. The summed E-state index contributed by atoms with van der Waals surface area (Å²) < 4.78 is 25.5. The SMILES string of the molecule is CCNC(=NCCNS(=O)(=O)CC)N1CCN(c2ccccc2Cl)CC1.I. The maximum absolute atomic E-state index is 11.5. The van der Waals surface area contributed by atoms with Crippen molar-refractivity contribution in [2.24, 2.45) is 4.99 Å². The van der Waals surface area contributed by atoms with E-state index in [1.165, 1.54) is 0 Å². The molecule has 0 aromatic heterocycles. The number of hydrogen-bond donors (Lipinski definition) is 2. The molecule has 0 spiro atoms. The first-order chi connectivity index (χ1) is 12.5. The summed E-state index contributed by atoms with van der Waals surface area (Å²) in [5.74, 6) is 0.905. The minimum Gasteiger partial charge on any atom is -0.367 e. The topological polar surface area (TPSA) is 77.0 Å². The van der Waals surface area contributed by atoms with Gasteiger partial charge in [0.1, 0.15) is 0 Å². The molecule has 1 aromatic carbocycles. The standard InChI is InChI=1S/C17H28ClN5O2S.HI/c1-3-19-17(20-9-10-21-26(24,25)4-2)23-13-11-22(12-14-23)16-8-6-5-7-15(16)18;/h5-8,21H,3-4,9-14H2,1-2H3,(H,19,20);1H. The Morgan fingerprint density at radius 1 is 1.19 bits per heavy atom. The molecule has 1 aromatic rings. The van der Waals surface area contributed by atoms with Gasteiger partial charge in [0.15, 0.2) is 5.96 Å². The monoisotopic (exact) mass is 529 g/mol. The number of nitrogens with one attached hydrogen (secondary N) is 2. The fraction of sp³-hybridized carbons (Fsp3) is 0.588. The van der Waals surface area contributed by atoms with E-state index in [0.29, 0.717) is 13.1 Å². The van der Waals surface area contributed by atoms with E-state index in [1.807, 2.05) is 31.2 Å². The Bertz CT molecular complexity index is 709. The van der Waals surface area contributed by atoms with Crippen LogP contribution in [0.25, 0.3) is 0 Å². The molecular weight excluding hydrogens is 501 g/mol. The average Bonchev–Trinajstić information content (AvgIpc) is 2.65. The molecular formula is C17H29ClIN5O2S. The molecule has 2 N–H and O–H groups in total. The van der Waals surface area contributed by atoms with Gasteiger partial charge in [-0.3, -0.25) is 4.99 Å². The van der Waals surface area contributed by atoms with Crippen molar-refractivity contribution in [2.45, 2.75) is 13.8 Å². The first kappa shape index (κ1) is 24.3. The zero-order valence-corrected chi connectivity index (χ0v) is 19.7. The normalized spacial score (nSPS) is 15.4. The van der Waals surface area contributed by atoms with Crippen LogP contribution in [0.1, 0.15) is 13.8 Å². The molecule has 2 rings (SSSR count). The highest BCUT2D eigenvalue weighted by atomic mass is 127. The van der Waals surface area contributed by atoms with E-state index in [9.17, 15) is 8.42 Å². The van der Waals surface area contributed by atoms with Crippen LogP contribution >= 0.6 is 35.6 Å². The number of halogens is 2. The highest BCUT2D eigenvalue weighted by molar-refractivity contribution is 14.0. The van der Waals surface area contributed by atoms with Gasteiger partial charge in [-0.2, -0.15) is 0 Å². The lowest BCUT2D eigenvalue weighted by molar-refractivity contribution is 0.372. The van der Waals surface area contributed by atoms with Crippen LogP contribution in [0.2, 0.25) is 5.02 Å². The fourth-order valence-electron chi connectivity index (χ4n) is 2.76. The molecule has 10 heteroatoms. The molecule has 154 valence electrons. The Morgan fingerprint density at radius 2 is 1.85 bits per heavy atom. The Balaban J connectivity index is 0.00000364. The molecule has 27 heavy (non-hydrogen) atoms. The Labute approximate surface area is 184 Å². The van der Waals surface area contributed by atoms with Crippen molar-refractivity contribution in [3.8, 4) is 0 Å². The molecule has 1 heterocycles. The number of sulfonamides is 1. The van der Waals surface area contributed by atoms with E-state index < -0.39 is 10.0 Å². The smallest absolute Gasteiger partial charge is 0.211 e. The zero-order chi connectivity index (χ0) is 19.0. The molecule has 0 aliphatic carbocycles. The second-order valence-corrected chi connectivity index (χ2v) is 8.46. The van der Waals surface area contributed by atoms with Crippen LogP contribution in [0.5, 0.6) is 0 Å². The zero-order valence-electron chi connectivity index (χ0n) is 15.8. The summed E-state index contributed by atoms with van der Waals surface area (Å²) >= 11 is 6.29. The molecule has 0 amide bonds. The highest BCUT2D eigenvalue weighted by Gasteiger charge is 2.20. The predicted octanol–water partition coefficient (Wildman–Crippen LogP) is 1.98. The van der Waals surface area contributed by atoms with E-state index in [2.05, 4.69) is 24.8 Å². The summed E-state index contributed by atoms with van der Waals surface area (Å²) in [5.41, 5.74) is 1.06. The molecule has 0 bridgehead atoms. The third kappa shape index (κ3) is 7.63. The van der Waals surface area contributed by atoms with Crippen LogP contribution < -0.4 is 14.9 Å². The fourth-order valence-corrected chi connectivity index (χ4v) is 3.62. The summed E-state index contributed by atoms with van der Waals surface area (Å²) in [7, 11) is -3.17. The molecule has 1 aliphatic rings. The maximum atomic E-state index is 11.5. The van der Waals surface area contributed by atoms with Crippen molar-refractivity contribution in [3.63, 3.8) is 0 Å². The van der Waals surface area contributed by atoms with Gasteiger partial charge in [-0.05, 0) is 26.0 Å². The van der Waals surface area contributed by atoms with Gasteiger partial charge in [0.25, 0.3) is 0 Å². The van der Waals surface area contributed by atoms with E-state index in [-0.39, 0.29) is 29.7 Å². The molecule has 1 aliphatic heterocycles. The van der Waals surface area contributed by atoms with Gasteiger partial charge in [-0.15, -0.1) is 24.0 Å². The van der Waals surface area contributed by atoms with E-state index in [1.54, 1.807) is 6.92 Å². The Hall–Kier alpha value is -0.780. The molecule has 0 saturated carbocycles. The van der Waals surface area contributed by atoms with Gasteiger partial charge in [-0.25, -0.2) is 13.1 Å². The number of hydrogen-bond acceptors (Lipinski definition) is 4. The predicted molar refractivity (Wildman–Crippen MR) is 124 cm³/mol. The Morgan fingerprint density at radius 3 is 2.44 bits per heavy atom. The lowest BCUT2D eigenvalue weighted by Gasteiger charge is -2.38. The number of nitrogens with zero attached hydrogens (tertiary/aromatic N) is 3. The first-order valence-corrected chi connectivity index (χ1v) is 11.0. The number of benzene rings is 1. The minimum atomic E-state index is -3.17. The van der Waals surface area contributed by atoms with Crippen molar-refractivity contribution in [3.05, 3.63) is 29.3 Å². The number of guanidine groups is 1. The van der Waals surface area contributed by atoms with Crippen molar-refractivity contribution in [1.82, 2.24) is 14.9 Å². The summed E-state index contributed by atoms with van der Waals surface area (Å²) in [6.45, 7) is 8.51. The van der Waals surface area contributed by atoms with E-state index in [0.717, 1.165) is 49.4 Å². The number of piperazine rings is 1. The second kappa shape index (κ2) is 11.9. The molecule has 7 nitrogen and oxygen atoms in total. The maximum Gasteiger partial charge on any atom is 0.211 e. The largest absolute Gasteiger partial charge is 0.367 e.